The normalized spacial score (nSPS) is 12.5. The topological polar surface area (TPSA) is 90.1 Å². The molecule has 1 aliphatic heterocycles. The van der Waals surface area contributed by atoms with Crippen molar-refractivity contribution < 1.29 is 14.6 Å². The van der Waals surface area contributed by atoms with E-state index in [4.69, 9.17) is 9.84 Å². The number of imidazole rings is 1. The summed E-state index contributed by atoms with van der Waals surface area (Å²) in [5, 5.41) is 8.96. The van der Waals surface area contributed by atoms with Gasteiger partial charge in [0.25, 0.3) is 0 Å². The van der Waals surface area contributed by atoms with Gasteiger partial charge >= 0.3 is 5.97 Å². The van der Waals surface area contributed by atoms with E-state index in [0.717, 1.165) is 0 Å². The molecule has 2 aromatic heterocycles. The van der Waals surface area contributed by atoms with Gasteiger partial charge in [-0.05, 0) is 6.92 Å². The predicted molar refractivity (Wildman–Crippen MR) is 55.2 cm³/mol. The Morgan fingerprint density at radius 2 is 2.35 bits per heavy atom. The summed E-state index contributed by atoms with van der Waals surface area (Å²) in [4.78, 5) is 23.0. The second kappa shape index (κ2) is 3.27. The highest BCUT2D eigenvalue weighted by Crippen LogP contribution is 2.28. The Hall–Kier alpha value is -2.44. The van der Waals surface area contributed by atoms with E-state index in [1.54, 1.807) is 17.7 Å². The first-order chi connectivity index (χ1) is 8.16. The number of ether oxygens (including phenoxy) is 1. The third-order valence-electron chi connectivity index (χ3n) is 2.53. The molecule has 7 heteroatoms. The molecule has 0 fully saturated rings. The number of nitrogens with zero attached hydrogens (tertiary/aromatic N) is 4. The van der Waals surface area contributed by atoms with Crippen LogP contribution < -0.4 is 4.74 Å². The van der Waals surface area contributed by atoms with Crippen LogP contribution in [0, 0.1) is 6.92 Å². The number of carboxylic acid groups (broad SMARTS) is 1. The third-order valence-corrected chi connectivity index (χ3v) is 2.53. The number of carbonyl (C=O) groups is 1. The van der Waals surface area contributed by atoms with E-state index >= 15 is 0 Å². The van der Waals surface area contributed by atoms with Gasteiger partial charge in [0.15, 0.2) is 5.69 Å². The van der Waals surface area contributed by atoms with Crippen LogP contribution in [0.25, 0.3) is 5.69 Å². The van der Waals surface area contributed by atoms with Gasteiger partial charge < -0.3 is 9.84 Å². The molecule has 0 radical (unpaired) electrons. The lowest BCUT2D eigenvalue weighted by molar-refractivity contribution is 0.0687. The van der Waals surface area contributed by atoms with Gasteiger partial charge in [-0.2, -0.15) is 4.98 Å². The summed E-state index contributed by atoms with van der Waals surface area (Å²) in [6, 6.07) is 0. The van der Waals surface area contributed by atoms with Crippen molar-refractivity contribution in [2.24, 2.45) is 0 Å². The molecule has 17 heavy (non-hydrogen) atoms. The molecule has 0 spiro atoms. The standard InChI is InChI=1S/C10H8N4O3/c1-5-11-2-6-9(13-5)17-3-7-8(10(15)16)12-4-14(6)7/h2,4H,3H2,1H3,(H,15,16). The lowest BCUT2D eigenvalue weighted by atomic mass is 10.3. The Morgan fingerprint density at radius 3 is 3.12 bits per heavy atom. The largest absolute Gasteiger partial charge is 0.476 e. The van der Waals surface area contributed by atoms with E-state index in [-0.39, 0.29) is 12.3 Å². The summed E-state index contributed by atoms with van der Waals surface area (Å²) in [5.74, 6) is -0.0241. The molecule has 0 saturated carbocycles. The monoisotopic (exact) mass is 232 g/mol. The zero-order chi connectivity index (χ0) is 12.0. The van der Waals surface area contributed by atoms with Crippen LogP contribution in [0.3, 0.4) is 0 Å². The van der Waals surface area contributed by atoms with E-state index in [2.05, 4.69) is 15.0 Å². The Bertz CT molecular complexity index is 620. The highest BCUT2D eigenvalue weighted by Gasteiger charge is 2.25. The SMILES string of the molecule is Cc1ncc2c(n1)OCc1c(C(=O)O)ncn1-2. The van der Waals surface area contributed by atoms with Crippen molar-refractivity contribution >= 4 is 5.97 Å². The Morgan fingerprint density at radius 1 is 1.53 bits per heavy atom. The van der Waals surface area contributed by atoms with E-state index in [1.807, 2.05) is 0 Å². The van der Waals surface area contributed by atoms with Crippen LogP contribution in [0.4, 0.5) is 0 Å². The molecule has 1 N–H and O–H groups in total. The molecule has 3 heterocycles. The first-order valence-corrected chi connectivity index (χ1v) is 4.93. The Labute approximate surface area is 95.7 Å². The van der Waals surface area contributed by atoms with Crippen molar-refractivity contribution in [3.8, 4) is 11.6 Å². The van der Waals surface area contributed by atoms with Crippen molar-refractivity contribution in [3.05, 3.63) is 29.7 Å². The fourth-order valence-corrected chi connectivity index (χ4v) is 1.75. The van der Waals surface area contributed by atoms with Gasteiger partial charge in [0, 0.05) is 0 Å². The number of carboxylic acids is 1. The molecule has 0 amide bonds. The van der Waals surface area contributed by atoms with E-state index in [9.17, 15) is 4.79 Å². The number of hydrogen-bond donors (Lipinski definition) is 1. The molecule has 0 saturated heterocycles. The van der Waals surface area contributed by atoms with Crippen LogP contribution in [0.5, 0.6) is 5.88 Å². The minimum absolute atomic E-state index is 0.00350. The van der Waals surface area contributed by atoms with Crippen LogP contribution in [0.2, 0.25) is 0 Å². The fourth-order valence-electron chi connectivity index (χ4n) is 1.75. The maximum atomic E-state index is 10.9. The maximum Gasteiger partial charge on any atom is 0.356 e. The molecule has 86 valence electrons. The second-order valence-corrected chi connectivity index (χ2v) is 3.61. The first-order valence-electron chi connectivity index (χ1n) is 4.93. The van der Waals surface area contributed by atoms with Crippen LogP contribution in [-0.4, -0.2) is 30.6 Å². The van der Waals surface area contributed by atoms with Crippen LogP contribution in [0.1, 0.15) is 22.0 Å². The lowest BCUT2D eigenvalue weighted by Gasteiger charge is -2.18. The Kier molecular flexibility index (Phi) is 1.88. The quantitative estimate of drug-likeness (QED) is 0.772. The zero-order valence-corrected chi connectivity index (χ0v) is 8.91. The zero-order valence-electron chi connectivity index (χ0n) is 8.91. The van der Waals surface area contributed by atoms with Gasteiger partial charge in [-0.3, -0.25) is 4.57 Å². The molecule has 0 bridgehead atoms. The fraction of sp³-hybridized carbons (Fsp3) is 0.200. The van der Waals surface area contributed by atoms with Gasteiger partial charge in [0.1, 0.15) is 24.4 Å². The van der Waals surface area contributed by atoms with Gasteiger partial charge in [-0.1, -0.05) is 0 Å². The summed E-state index contributed by atoms with van der Waals surface area (Å²) >= 11 is 0. The summed E-state index contributed by atoms with van der Waals surface area (Å²) in [7, 11) is 0. The molecule has 0 unspecified atom stereocenters. The summed E-state index contributed by atoms with van der Waals surface area (Å²) in [6.45, 7) is 1.90. The number of aromatic carboxylic acids is 1. The van der Waals surface area contributed by atoms with E-state index < -0.39 is 5.97 Å². The van der Waals surface area contributed by atoms with Crippen LogP contribution in [-0.2, 0) is 6.61 Å². The lowest BCUT2D eigenvalue weighted by Crippen LogP contribution is -2.16. The van der Waals surface area contributed by atoms with E-state index in [1.165, 1.54) is 6.33 Å². The number of fused-ring (bicyclic) bond motifs is 3. The predicted octanol–water partition coefficient (Wildman–Crippen LogP) is 0.561. The van der Waals surface area contributed by atoms with Crippen molar-refractivity contribution in [2.45, 2.75) is 13.5 Å². The van der Waals surface area contributed by atoms with E-state index in [0.29, 0.717) is 23.1 Å². The summed E-state index contributed by atoms with van der Waals surface area (Å²) in [5.41, 5.74) is 1.10. The average molecular weight is 232 g/mol. The molecule has 0 aliphatic carbocycles. The molecular formula is C10H8N4O3. The Balaban J connectivity index is 2.21. The van der Waals surface area contributed by atoms with Crippen molar-refractivity contribution in [1.29, 1.82) is 0 Å². The molecule has 3 rings (SSSR count). The molecule has 1 aliphatic rings. The van der Waals surface area contributed by atoms with Crippen LogP contribution >= 0.6 is 0 Å². The number of rotatable bonds is 1. The minimum atomic E-state index is -1.07. The number of hydrogen-bond acceptors (Lipinski definition) is 5. The number of aromatic nitrogens is 4. The first kappa shape index (κ1) is 9.76. The summed E-state index contributed by atoms with van der Waals surface area (Å²) in [6.07, 6.45) is 3.03. The second-order valence-electron chi connectivity index (χ2n) is 3.61. The smallest absolute Gasteiger partial charge is 0.356 e. The molecule has 2 aromatic rings. The van der Waals surface area contributed by atoms with Gasteiger partial charge in [0.05, 0.1) is 11.9 Å². The third kappa shape index (κ3) is 1.36. The maximum absolute atomic E-state index is 10.9. The van der Waals surface area contributed by atoms with Crippen LogP contribution in [0.15, 0.2) is 12.5 Å². The average Bonchev–Trinajstić information content (AvgIpc) is 2.72. The van der Waals surface area contributed by atoms with Crippen molar-refractivity contribution in [2.75, 3.05) is 0 Å². The van der Waals surface area contributed by atoms with Gasteiger partial charge in [-0.15, -0.1) is 0 Å². The minimum Gasteiger partial charge on any atom is -0.476 e. The highest BCUT2D eigenvalue weighted by atomic mass is 16.5. The van der Waals surface area contributed by atoms with Crippen molar-refractivity contribution in [1.82, 2.24) is 19.5 Å². The molecule has 0 aromatic carbocycles. The van der Waals surface area contributed by atoms with Gasteiger partial charge in [-0.25, -0.2) is 14.8 Å². The summed E-state index contributed by atoms with van der Waals surface area (Å²) < 4.78 is 7.05. The molecular weight excluding hydrogens is 224 g/mol. The molecule has 7 nitrogen and oxygen atoms in total. The van der Waals surface area contributed by atoms with Gasteiger partial charge in [0.2, 0.25) is 5.88 Å². The number of aryl methyl sites for hydroxylation is 1. The highest BCUT2D eigenvalue weighted by molar-refractivity contribution is 5.87. The van der Waals surface area contributed by atoms with Crippen molar-refractivity contribution in [3.63, 3.8) is 0 Å². The molecule has 0 atom stereocenters.